The Morgan fingerprint density at radius 3 is 1.86 bits per heavy atom. The summed E-state index contributed by atoms with van der Waals surface area (Å²) in [5.41, 5.74) is -1.03. The molecule has 0 aliphatic carbocycles. The van der Waals surface area contributed by atoms with Crippen LogP contribution in [0.2, 0.25) is 0 Å². The molecular formula is C32H47N3O9. The van der Waals surface area contributed by atoms with Crippen LogP contribution in [0.15, 0.2) is 17.7 Å². The zero-order chi connectivity index (χ0) is 33.1. The Bertz CT molecular complexity index is 1170. The van der Waals surface area contributed by atoms with Crippen molar-refractivity contribution < 1.29 is 38.3 Å². The van der Waals surface area contributed by atoms with Crippen molar-refractivity contribution in [3.63, 3.8) is 0 Å². The van der Waals surface area contributed by atoms with E-state index in [1.165, 1.54) is 4.90 Å². The lowest BCUT2D eigenvalue weighted by Gasteiger charge is -2.18. The minimum Gasteiger partial charge on any atom is -0.434 e. The Kier molecular flexibility index (Phi) is 17.8. The van der Waals surface area contributed by atoms with Crippen molar-refractivity contribution in [3.8, 4) is 17.6 Å². The second-order valence-corrected chi connectivity index (χ2v) is 10.4. The Hall–Kier alpha value is -4.14. The number of amides is 1. The largest absolute Gasteiger partial charge is 0.514 e. The highest BCUT2D eigenvalue weighted by Crippen LogP contribution is 2.40. The lowest BCUT2D eigenvalue weighted by Crippen LogP contribution is -2.31. The quantitative estimate of drug-likeness (QED) is 0.0374. The summed E-state index contributed by atoms with van der Waals surface area (Å²) >= 11 is 0. The van der Waals surface area contributed by atoms with E-state index in [1.54, 1.807) is 13.8 Å². The summed E-state index contributed by atoms with van der Waals surface area (Å²) in [6.07, 6.45) is 5.89. The van der Waals surface area contributed by atoms with Gasteiger partial charge in [0.2, 0.25) is 0 Å². The molecule has 0 saturated carbocycles. The molecule has 1 aromatic carbocycles. The van der Waals surface area contributed by atoms with Crippen LogP contribution in [0.4, 0.5) is 15.3 Å². The lowest BCUT2D eigenvalue weighted by atomic mass is 10.0. The first-order valence-electron chi connectivity index (χ1n) is 15.5. The van der Waals surface area contributed by atoms with E-state index in [1.807, 2.05) is 19.9 Å². The summed E-state index contributed by atoms with van der Waals surface area (Å²) in [5.74, 6) is -1.55. The SMILES string of the molecule is CCCCC(CC)COC(=O)Oc1cc(C=C(C#N)C(=O)N(CC)CC)cc([N+](=O)[O-])c1OC(=O)OCC(CC)CCCC. The van der Waals surface area contributed by atoms with Crippen LogP contribution in [0.3, 0.4) is 0 Å². The number of benzene rings is 1. The van der Waals surface area contributed by atoms with Gasteiger partial charge in [0.1, 0.15) is 11.6 Å². The molecular weight excluding hydrogens is 570 g/mol. The number of hydrogen-bond donors (Lipinski definition) is 0. The molecule has 1 amide bonds. The maximum Gasteiger partial charge on any atom is 0.514 e. The van der Waals surface area contributed by atoms with Crippen molar-refractivity contribution in [1.82, 2.24) is 4.90 Å². The van der Waals surface area contributed by atoms with Crippen LogP contribution in [0.25, 0.3) is 6.08 Å². The number of likely N-dealkylation sites (N-methyl/N-ethyl adjacent to an activating group) is 1. The molecule has 0 spiro atoms. The van der Waals surface area contributed by atoms with Gasteiger partial charge < -0.3 is 23.8 Å². The molecule has 2 atom stereocenters. The number of carbonyl (C=O) groups excluding carboxylic acids is 3. The second kappa shape index (κ2) is 20.7. The van der Waals surface area contributed by atoms with Gasteiger partial charge in [-0.15, -0.1) is 0 Å². The highest BCUT2D eigenvalue weighted by Gasteiger charge is 2.28. The van der Waals surface area contributed by atoms with Crippen LogP contribution in [-0.2, 0) is 14.3 Å². The number of ether oxygens (including phenoxy) is 4. The van der Waals surface area contributed by atoms with Crippen molar-refractivity contribution in [2.75, 3.05) is 26.3 Å². The Morgan fingerprint density at radius 1 is 0.909 bits per heavy atom. The molecule has 0 fully saturated rings. The Morgan fingerprint density at radius 2 is 1.43 bits per heavy atom. The van der Waals surface area contributed by atoms with Gasteiger partial charge in [0.15, 0.2) is 5.75 Å². The molecule has 2 unspecified atom stereocenters. The smallest absolute Gasteiger partial charge is 0.434 e. The van der Waals surface area contributed by atoms with Gasteiger partial charge in [0, 0.05) is 19.2 Å². The third kappa shape index (κ3) is 12.6. The first-order valence-corrected chi connectivity index (χ1v) is 15.5. The molecule has 0 aliphatic rings. The molecule has 1 rings (SSSR count). The van der Waals surface area contributed by atoms with Gasteiger partial charge in [0.25, 0.3) is 11.7 Å². The van der Waals surface area contributed by atoms with Crippen LogP contribution in [-0.4, -0.2) is 54.3 Å². The predicted octanol–water partition coefficient (Wildman–Crippen LogP) is 7.83. The average molecular weight is 618 g/mol. The number of nitrogens with zero attached hydrogens (tertiary/aromatic N) is 3. The summed E-state index contributed by atoms with van der Waals surface area (Å²) in [5, 5.41) is 21.8. The van der Waals surface area contributed by atoms with Gasteiger partial charge in [-0.1, -0.05) is 66.2 Å². The summed E-state index contributed by atoms with van der Waals surface area (Å²) in [6.45, 7) is 12.4. The van der Waals surface area contributed by atoms with Crippen LogP contribution in [0, 0.1) is 33.3 Å². The number of nitro groups is 1. The summed E-state index contributed by atoms with van der Waals surface area (Å²) in [6, 6.07) is 4.00. The van der Waals surface area contributed by atoms with Crippen LogP contribution in [0.5, 0.6) is 11.5 Å². The second-order valence-electron chi connectivity index (χ2n) is 10.4. The van der Waals surface area contributed by atoms with Gasteiger partial charge in [-0.25, -0.2) is 9.59 Å². The molecule has 0 N–H and O–H groups in total. The van der Waals surface area contributed by atoms with E-state index in [0.717, 1.165) is 69.6 Å². The van der Waals surface area contributed by atoms with Crippen molar-refractivity contribution in [3.05, 3.63) is 33.4 Å². The predicted molar refractivity (Wildman–Crippen MR) is 165 cm³/mol. The van der Waals surface area contributed by atoms with E-state index >= 15 is 0 Å². The molecule has 0 aliphatic heterocycles. The first kappa shape index (κ1) is 37.9. The minimum absolute atomic E-state index is 0.00253. The third-order valence-electron chi connectivity index (χ3n) is 7.31. The monoisotopic (exact) mass is 617 g/mol. The van der Waals surface area contributed by atoms with Crippen molar-refractivity contribution in [2.24, 2.45) is 11.8 Å². The fourth-order valence-electron chi connectivity index (χ4n) is 4.40. The van der Waals surface area contributed by atoms with E-state index in [0.29, 0.717) is 13.1 Å². The molecule has 0 saturated heterocycles. The van der Waals surface area contributed by atoms with Gasteiger partial charge in [0.05, 0.1) is 18.1 Å². The molecule has 1 aromatic rings. The molecule has 44 heavy (non-hydrogen) atoms. The van der Waals surface area contributed by atoms with E-state index in [9.17, 15) is 29.8 Å². The fraction of sp³-hybridized carbons (Fsp3) is 0.625. The standard InChI is InChI=1S/C32H47N3O9/c1-7-13-15-23(9-3)21-41-31(37)43-28-19-25(17-26(20-33)30(36)34(11-5)12-6)18-27(35(39)40)29(28)44-32(38)42-22-24(10-4)16-14-8-2/h17-19,23-24H,7-16,21-22H2,1-6H3. The highest BCUT2D eigenvalue weighted by molar-refractivity contribution is 6.01. The lowest BCUT2D eigenvalue weighted by molar-refractivity contribution is -0.385. The molecule has 0 aromatic heterocycles. The average Bonchev–Trinajstić information content (AvgIpc) is 3.01. The molecule has 0 heterocycles. The van der Waals surface area contributed by atoms with Crippen LogP contribution < -0.4 is 9.47 Å². The Labute approximate surface area is 260 Å². The number of unbranched alkanes of at least 4 members (excludes halogenated alkanes) is 2. The normalized spacial score (nSPS) is 12.4. The summed E-state index contributed by atoms with van der Waals surface area (Å²) in [7, 11) is 0. The highest BCUT2D eigenvalue weighted by atomic mass is 16.7. The summed E-state index contributed by atoms with van der Waals surface area (Å²) in [4.78, 5) is 50.9. The van der Waals surface area contributed by atoms with Crippen molar-refractivity contribution in [2.45, 2.75) is 92.9 Å². The van der Waals surface area contributed by atoms with Gasteiger partial charge in [-0.2, -0.15) is 5.26 Å². The maximum absolute atomic E-state index is 12.8. The van der Waals surface area contributed by atoms with E-state index in [-0.39, 0.29) is 36.2 Å². The fourth-order valence-corrected chi connectivity index (χ4v) is 4.40. The molecule has 0 radical (unpaired) electrons. The maximum atomic E-state index is 12.8. The number of rotatable bonds is 19. The van der Waals surface area contributed by atoms with E-state index in [4.69, 9.17) is 18.9 Å². The van der Waals surface area contributed by atoms with Gasteiger partial charge >= 0.3 is 18.0 Å². The minimum atomic E-state index is -1.20. The topological polar surface area (TPSA) is 158 Å². The first-order chi connectivity index (χ1) is 21.1. The molecule has 0 bridgehead atoms. The summed E-state index contributed by atoms with van der Waals surface area (Å²) < 4.78 is 21.1. The molecule has 244 valence electrons. The zero-order valence-electron chi connectivity index (χ0n) is 26.9. The van der Waals surface area contributed by atoms with E-state index < -0.39 is 40.3 Å². The van der Waals surface area contributed by atoms with E-state index in [2.05, 4.69) is 13.8 Å². The number of hydrogen-bond acceptors (Lipinski definition) is 10. The number of nitro benzene ring substituents is 1. The van der Waals surface area contributed by atoms with Crippen LogP contribution in [0.1, 0.15) is 98.5 Å². The molecule has 12 heteroatoms. The zero-order valence-corrected chi connectivity index (χ0v) is 26.9. The van der Waals surface area contributed by atoms with Crippen molar-refractivity contribution >= 4 is 30.0 Å². The molecule has 12 nitrogen and oxygen atoms in total. The van der Waals surface area contributed by atoms with Gasteiger partial charge in [-0.3, -0.25) is 14.9 Å². The van der Waals surface area contributed by atoms with Crippen molar-refractivity contribution in [1.29, 1.82) is 5.26 Å². The van der Waals surface area contributed by atoms with Crippen LogP contribution >= 0.6 is 0 Å². The number of nitriles is 1. The number of carbonyl (C=O) groups is 3. The Balaban J connectivity index is 3.49. The third-order valence-corrected chi connectivity index (χ3v) is 7.31. The van der Waals surface area contributed by atoms with Gasteiger partial charge in [-0.05, 0) is 56.2 Å².